The summed E-state index contributed by atoms with van der Waals surface area (Å²) in [5, 5.41) is 13.3. The van der Waals surface area contributed by atoms with E-state index in [2.05, 4.69) is 25.6 Å². The van der Waals surface area contributed by atoms with Crippen LogP contribution in [0.2, 0.25) is 0 Å². The number of ether oxygens (including phenoxy) is 1. The van der Waals surface area contributed by atoms with E-state index in [4.69, 9.17) is 0 Å². The van der Waals surface area contributed by atoms with Crippen molar-refractivity contribution in [2.24, 2.45) is 0 Å². The molecule has 0 fully saturated rings. The Hall–Kier alpha value is -1.35. The van der Waals surface area contributed by atoms with Gasteiger partial charge in [0, 0.05) is 13.6 Å². The van der Waals surface area contributed by atoms with Gasteiger partial charge in [0.25, 0.3) is 12.3 Å². The first kappa shape index (κ1) is 13.7. The molecule has 0 unspecified atom stereocenters. The van der Waals surface area contributed by atoms with E-state index in [1.54, 1.807) is 7.05 Å². The Kier molecular flexibility index (Phi) is 5.70. The average molecular weight is 266 g/mol. The fourth-order valence-corrected chi connectivity index (χ4v) is 1.51. The topological polar surface area (TPSA) is 76.1 Å². The summed E-state index contributed by atoms with van der Waals surface area (Å²) in [5.41, 5.74) is 0. The van der Waals surface area contributed by atoms with E-state index in [1.165, 1.54) is 0 Å². The number of amides is 1. The third-order valence-electron chi connectivity index (χ3n) is 1.61. The molecular formula is C8H12F2N4O2S. The maximum Gasteiger partial charge on any atom is 0.282 e. The zero-order chi connectivity index (χ0) is 12.7. The van der Waals surface area contributed by atoms with E-state index >= 15 is 0 Å². The van der Waals surface area contributed by atoms with Crippen LogP contribution in [-0.4, -0.2) is 49.3 Å². The maximum atomic E-state index is 11.7. The molecule has 1 rings (SSSR count). The summed E-state index contributed by atoms with van der Waals surface area (Å²) in [4.78, 5) is 11.4. The average Bonchev–Trinajstić information content (AvgIpc) is 2.76. The minimum atomic E-state index is -2.49. The smallest absolute Gasteiger partial charge is 0.282 e. The van der Waals surface area contributed by atoms with Gasteiger partial charge < -0.3 is 15.4 Å². The Balaban J connectivity index is 2.21. The molecule has 0 aromatic carbocycles. The fraction of sp³-hybridized carbons (Fsp3) is 0.625. The lowest BCUT2D eigenvalue weighted by Gasteiger charge is -2.03. The molecule has 0 spiro atoms. The Morgan fingerprint density at radius 1 is 1.53 bits per heavy atom. The quantitative estimate of drug-likeness (QED) is 0.706. The van der Waals surface area contributed by atoms with Gasteiger partial charge in [-0.2, -0.15) is 0 Å². The van der Waals surface area contributed by atoms with Crippen molar-refractivity contribution in [3.05, 3.63) is 5.01 Å². The number of aromatic nitrogens is 2. The zero-order valence-corrected chi connectivity index (χ0v) is 9.89. The van der Waals surface area contributed by atoms with E-state index in [9.17, 15) is 13.6 Å². The summed E-state index contributed by atoms with van der Waals surface area (Å²) < 4.78 is 28.0. The van der Waals surface area contributed by atoms with Crippen LogP contribution < -0.4 is 10.6 Å². The van der Waals surface area contributed by atoms with Crippen molar-refractivity contribution >= 4 is 22.4 Å². The minimum Gasteiger partial charge on any atom is -0.374 e. The number of carbonyl (C=O) groups is 1. The Labute approximate surface area is 100 Å². The second kappa shape index (κ2) is 7.07. The molecule has 0 bridgehead atoms. The first-order valence-electron chi connectivity index (χ1n) is 4.79. The zero-order valence-electron chi connectivity index (χ0n) is 9.07. The van der Waals surface area contributed by atoms with Gasteiger partial charge in [0.15, 0.2) is 0 Å². The molecule has 0 saturated carbocycles. The molecule has 0 aliphatic rings. The second-order valence-corrected chi connectivity index (χ2v) is 3.86. The molecule has 0 radical (unpaired) electrons. The van der Waals surface area contributed by atoms with Crippen molar-refractivity contribution < 1.29 is 18.3 Å². The highest BCUT2D eigenvalue weighted by Crippen LogP contribution is 2.13. The first-order chi connectivity index (χ1) is 8.13. The number of hydrogen-bond acceptors (Lipinski definition) is 6. The van der Waals surface area contributed by atoms with Gasteiger partial charge in [-0.3, -0.25) is 4.79 Å². The molecule has 0 aliphatic heterocycles. The highest BCUT2D eigenvalue weighted by Gasteiger charge is 2.11. The number of carbonyl (C=O) groups excluding carboxylic acids is 1. The summed E-state index contributed by atoms with van der Waals surface area (Å²) in [5.74, 6) is -0.398. The molecule has 1 aromatic rings. The van der Waals surface area contributed by atoms with Gasteiger partial charge in [0.1, 0.15) is 6.61 Å². The molecule has 0 atom stereocenters. The number of nitrogens with one attached hydrogen (secondary N) is 2. The Morgan fingerprint density at radius 3 is 2.88 bits per heavy atom. The monoisotopic (exact) mass is 266 g/mol. The van der Waals surface area contributed by atoms with Crippen molar-refractivity contribution in [3.8, 4) is 0 Å². The van der Waals surface area contributed by atoms with E-state index < -0.39 is 18.9 Å². The maximum absolute atomic E-state index is 11.7. The van der Waals surface area contributed by atoms with Gasteiger partial charge >= 0.3 is 0 Å². The van der Waals surface area contributed by atoms with Crippen molar-refractivity contribution in [2.45, 2.75) is 6.43 Å². The highest BCUT2D eigenvalue weighted by atomic mass is 32.1. The van der Waals surface area contributed by atoms with Crippen molar-refractivity contribution in [1.82, 2.24) is 15.5 Å². The molecule has 2 N–H and O–H groups in total. The summed E-state index contributed by atoms with van der Waals surface area (Å²) in [6.07, 6.45) is -2.49. The molecule has 0 saturated heterocycles. The summed E-state index contributed by atoms with van der Waals surface area (Å²) in [6.45, 7) is -0.438. The van der Waals surface area contributed by atoms with E-state index in [1.807, 2.05) is 0 Å². The summed E-state index contributed by atoms with van der Waals surface area (Å²) >= 11 is 1.10. The van der Waals surface area contributed by atoms with Crippen LogP contribution in [0.5, 0.6) is 0 Å². The number of rotatable bonds is 7. The lowest BCUT2D eigenvalue weighted by Crippen LogP contribution is -2.27. The van der Waals surface area contributed by atoms with E-state index in [0.717, 1.165) is 11.3 Å². The van der Waals surface area contributed by atoms with Crippen LogP contribution in [0.3, 0.4) is 0 Å². The predicted molar refractivity (Wildman–Crippen MR) is 58.6 cm³/mol. The molecule has 96 valence electrons. The molecule has 6 nitrogen and oxygen atoms in total. The fourth-order valence-electron chi connectivity index (χ4n) is 0.901. The molecule has 1 heterocycles. The van der Waals surface area contributed by atoms with Gasteiger partial charge in [-0.25, -0.2) is 8.78 Å². The first-order valence-corrected chi connectivity index (χ1v) is 5.60. The van der Waals surface area contributed by atoms with Gasteiger partial charge in [0.05, 0.1) is 6.61 Å². The van der Waals surface area contributed by atoms with Crippen LogP contribution in [0.15, 0.2) is 0 Å². The SMILES string of the molecule is CNc1nnc(C(=O)NCCOCC(F)F)s1. The van der Waals surface area contributed by atoms with Gasteiger partial charge in [-0.15, -0.1) is 10.2 Å². The lowest BCUT2D eigenvalue weighted by molar-refractivity contribution is 0.0188. The van der Waals surface area contributed by atoms with Crippen LogP contribution in [0, 0.1) is 0 Å². The van der Waals surface area contributed by atoms with Crippen LogP contribution >= 0.6 is 11.3 Å². The third-order valence-corrected chi connectivity index (χ3v) is 2.55. The number of alkyl halides is 2. The van der Waals surface area contributed by atoms with Crippen LogP contribution in [-0.2, 0) is 4.74 Å². The Bertz CT molecular complexity index is 361. The predicted octanol–water partition coefficient (Wildman–Crippen LogP) is 0.591. The van der Waals surface area contributed by atoms with Crippen molar-refractivity contribution in [3.63, 3.8) is 0 Å². The van der Waals surface area contributed by atoms with Crippen LogP contribution in [0.1, 0.15) is 9.80 Å². The summed E-state index contributed by atoms with van der Waals surface area (Å²) in [6, 6.07) is 0. The normalized spacial score (nSPS) is 10.6. The number of anilines is 1. The standard InChI is InChI=1S/C8H12F2N4O2S/c1-11-8-14-13-7(17-8)6(15)12-2-3-16-4-5(9)10/h5H,2-4H2,1H3,(H,11,14)(H,12,15). The molecular weight excluding hydrogens is 254 g/mol. The molecule has 9 heteroatoms. The van der Waals surface area contributed by atoms with Crippen LogP contribution in [0.25, 0.3) is 0 Å². The number of nitrogens with zero attached hydrogens (tertiary/aromatic N) is 2. The largest absolute Gasteiger partial charge is 0.374 e. The van der Waals surface area contributed by atoms with Crippen molar-refractivity contribution in [1.29, 1.82) is 0 Å². The minimum absolute atomic E-state index is 0.0355. The Morgan fingerprint density at radius 2 is 2.29 bits per heavy atom. The van der Waals surface area contributed by atoms with E-state index in [-0.39, 0.29) is 18.2 Å². The van der Waals surface area contributed by atoms with Gasteiger partial charge in [-0.1, -0.05) is 11.3 Å². The molecule has 1 aromatic heterocycles. The third kappa shape index (κ3) is 5.00. The lowest BCUT2D eigenvalue weighted by atomic mass is 10.6. The number of hydrogen-bond donors (Lipinski definition) is 2. The summed E-state index contributed by atoms with van der Waals surface area (Å²) in [7, 11) is 1.67. The van der Waals surface area contributed by atoms with Crippen molar-refractivity contribution in [2.75, 3.05) is 32.1 Å². The highest BCUT2D eigenvalue weighted by molar-refractivity contribution is 7.17. The number of halogens is 2. The second-order valence-electron chi connectivity index (χ2n) is 2.88. The molecule has 1 amide bonds. The van der Waals surface area contributed by atoms with E-state index in [0.29, 0.717) is 5.13 Å². The van der Waals surface area contributed by atoms with Gasteiger partial charge in [0.2, 0.25) is 10.1 Å². The molecule has 0 aliphatic carbocycles. The van der Waals surface area contributed by atoms with Gasteiger partial charge in [-0.05, 0) is 0 Å². The molecule has 17 heavy (non-hydrogen) atoms. The van der Waals surface area contributed by atoms with Crippen LogP contribution in [0.4, 0.5) is 13.9 Å².